The molecule has 0 radical (unpaired) electrons. The van der Waals surface area contributed by atoms with Crippen LogP contribution < -0.4 is 5.30 Å². The molecule has 0 heterocycles. The summed E-state index contributed by atoms with van der Waals surface area (Å²) in [5.74, 6) is -0.0430. The Bertz CT molecular complexity index is 861. The van der Waals surface area contributed by atoms with Crippen LogP contribution >= 0.6 is 7.80 Å². The van der Waals surface area contributed by atoms with Gasteiger partial charge >= 0.3 is 7.80 Å². The van der Waals surface area contributed by atoms with Crippen LogP contribution in [0.5, 0.6) is 0 Å². The van der Waals surface area contributed by atoms with Gasteiger partial charge in [-0.3, -0.25) is 4.79 Å². The maximum atomic E-state index is 13.4. The molecule has 30 heavy (non-hydrogen) atoms. The highest BCUT2D eigenvalue weighted by Crippen LogP contribution is 2.38. The molecular formula is C27H38O2P+. The van der Waals surface area contributed by atoms with Gasteiger partial charge in [0.1, 0.15) is 0 Å². The number of hydrogen-bond acceptors (Lipinski definition) is 2. The highest BCUT2D eigenvalue weighted by Gasteiger charge is 2.36. The fraction of sp³-hybridized carbons (Fsp3) is 0.519. The van der Waals surface area contributed by atoms with Gasteiger partial charge in [0, 0.05) is 11.0 Å². The molecule has 0 aromatic heterocycles. The minimum atomic E-state index is -1.63. The van der Waals surface area contributed by atoms with E-state index in [0.29, 0.717) is 22.6 Å². The summed E-state index contributed by atoms with van der Waals surface area (Å²) in [6, 6.07) is 15.3. The van der Waals surface area contributed by atoms with Gasteiger partial charge < -0.3 is 0 Å². The van der Waals surface area contributed by atoms with E-state index in [2.05, 4.69) is 41.5 Å². The van der Waals surface area contributed by atoms with Crippen molar-refractivity contribution in [1.82, 2.24) is 0 Å². The van der Waals surface area contributed by atoms with Crippen LogP contribution in [0.3, 0.4) is 0 Å². The van der Waals surface area contributed by atoms with Gasteiger partial charge in [-0.15, -0.1) is 0 Å². The number of carbonyl (C=O) groups is 1. The van der Waals surface area contributed by atoms with Gasteiger partial charge in [0.05, 0.1) is 5.56 Å². The van der Waals surface area contributed by atoms with Gasteiger partial charge in [-0.1, -0.05) is 102 Å². The third kappa shape index (κ3) is 6.35. The second kappa shape index (κ2) is 10.5. The maximum Gasteiger partial charge on any atom is 0.378 e. The maximum absolute atomic E-state index is 13.4. The first-order chi connectivity index (χ1) is 14.1. The molecule has 0 aliphatic rings. The van der Waals surface area contributed by atoms with Crippen molar-refractivity contribution in [2.45, 2.75) is 79.1 Å². The van der Waals surface area contributed by atoms with E-state index in [1.54, 1.807) is 0 Å². The summed E-state index contributed by atoms with van der Waals surface area (Å²) in [5.41, 5.74) is 2.52. The average molecular weight is 426 g/mol. The summed E-state index contributed by atoms with van der Waals surface area (Å²) in [7, 11) is -1.63. The third-order valence-electron chi connectivity index (χ3n) is 6.19. The molecule has 0 amide bonds. The zero-order chi connectivity index (χ0) is 22.4. The smallest absolute Gasteiger partial charge is 0.288 e. The number of carbonyl (C=O) groups excluding carboxylic acids is 1. The Hall–Kier alpha value is -1.79. The number of hydrogen-bond donors (Lipinski definition) is 0. The van der Waals surface area contributed by atoms with Crippen molar-refractivity contribution in [2.24, 2.45) is 5.41 Å². The van der Waals surface area contributed by atoms with Crippen molar-refractivity contribution in [3.63, 3.8) is 0 Å². The highest BCUT2D eigenvalue weighted by atomic mass is 31.1. The largest absolute Gasteiger partial charge is 0.378 e. The van der Waals surface area contributed by atoms with E-state index < -0.39 is 7.80 Å². The van der Waals surface area contributed by atoms with E-state index in [4.69, 9.17) is 0 Å². The Morgan fingerprint density at radius 2 is 1.53 bits per heavy atom. The van der Waals surface area contributed by atoms with Gasteiger partial charge in [-0.05, 0) is 36.0 Å². The Balaban J connectivity index is 2.26. The molecule has 0 fully saturated rings. The second-order valence-corrected chi connectivity index (χ2v) is 11.4. The molecule has 0 aliphatic heterocycles. The lowest BCUT2D eigenvalue weighted by Gasteiger charge is -2.23. The lowest BCUT2D eigenvalue weighted by atomic mass is 9.84. The van der Waals surface area contributed by atoms with Crippen LogP contribution in [0.4, 0.5) is 0 Å². The highest BCUT2D eigenvalue weighted by molar-refractivity contribution is 7.53. The third-order valence-corrected chi connectivity index (χ3v) is 8.17. The van der Waals surface area contributed by atoms with E-state index in [-0.39, 0.29) is 16.6 Å². The number of benzene rings is 2. The summed E-state index contributed by atoms with van der Waals surface area (Å²) < 4.78 is 13.4. The van der Waals surface area contributed by atoms with Crippen LogP contribution in [0.1, 0.15) is 95.1 Å². The summed E-state index contributed by atoms with van der Waals surface area (Å²) in [6.07, 6.45) is 6.30. The Morgan fingerprint density at radius 3 is 2.10 bits per heavy atom. The van der Waals surface area contributed by atoms with Crippen molar-refractivity contribution in [3.05, 3.63) is 65.2 Å². The van der Waals surface area contributed by atoms with Crippen molar-refractivity contribution >= 4 is 18.9 Å². The van der Waals surface area contributed by atoms with E-state index in [9.17, 15) is 9.36 Å². The first-order valence-electron chi connectivity index (χ1n) is 11.3. The molecule has 2 nitrogen and oxygen atoms in total. The quantitative estimate of drug-likeness (QED) is 0.222. The van der Waals surface area contributed by atoms with Gasteiger partial charge in [-0.25, -0.2) is 0 Å². The normalized spacial score (nSPS) is 14.3. The molecule has 0 saturated heterocycles. The fourth-order valence-corrected chi connectivity index (χ4v) is 5.70. The van der Waals surface area contributed by atoms with E-state index in [0.717, 1.165) is 12.8 Å². The van der Waals surface area contributed by atoms with Gasteiger partial charge in [0.2, 0.25) is 5.30 Å². The molecule has 0 N–H and O–H groups in total. The molecule has 0 bridgehead atoms. The molecule has 0 aliphatic carbocycles. The molecule has 2 atom stereocenters. The number of rotatable bonds is 10. The minimum Gasteiger partial charge on any atom is -0.288 e. The van der Waals surface area contributed by atoms with Crippen molar-refractivity contribution in [3.8, 4) is 0 Å². The van der Waals surface area contributed by atoms with Crippen LogP contribution in [0, 0.1) is 5.41 Å². The van der Waals surface area contributed by atoms with Crippen LogP contribution in [0.2, 0.25) is 0 Å². The molecule has 162 valence electrons. The Kier molecular flexibility index (Phi) is 8.56. The summed E-state index contributed by atoms with van der Waals surface area (Å²) >= 11 is 0. The molecule has 2 unspecified atom stereocenters. The van der Waals surface area contributed by atoms with Crippen LogP contribution in [-0.4, -0.2) is 11.9 Å². The molecule has 2 rings (SSSR count). The zero-order valence-corrected chi connectivity index (χ0v) is 20.5. The summed E-state index contributed by atoms with van der Waals surface area (Å²) in [6.45, 7) is 13.1. The molecule has 2 aromatic carbocycles. The van der Waals surface area contributed by atoms with Crippen LogP contribution in [0.25, 0.3) is 0 Å². The Labute approximate surface area is 184 Å². The topological polar surface area (TPSA) is 34.1 Å². The second-order valence-electron chi connectivity index (χ2n) is 9.83. The molecule has 2 aromatic rings. The summed E-state index contributed by atoms with van der Waals surface area (Å²) in [5, 5.41) is 0.701. The zero-order valence-electron chi connectivity index (χ0n) is 19.6. The van der Waals surface area contributed by atoms with Crippen LogP contribution in [0.15, 0.2) is 48.5 Å². The van der Waals surface area contributed by atoms with E-state index in [1.807, 2.05) is 48.5 Å². The number of unbranched alkanes of at least 4 members (excludes halogenated alkanes) is 2. The minimum absolute atomic E-state index is 0.0430. The van der Waals surface area contributed by atoms with Crippen LogP contribution in [-0.2, 0) is 9.98 Å². The molecular weight excluding hydrogens is 387 g/mol. The first-order valence-corrected chi connectivity index (χ1v) is 12.7. The summed E-state index contributed by atoms with van der Waals surface area (Å²) in [4.78, 5) is 13.3. The fourth-order valence-electron chi connectivity index (χ4n) is 3.76. The molecule has 0 spiro atoms. The Morgan fingerprint density at radius 1 is 0.900 bits per heavy atom. The van der Waals surface area contributed by atoms with Crippen molar-refractivity contribution in [2.75, 3.05) is 6.16 Å². The van der Waals surface area contributed by atoms with E-state index in [1.165, 1.54) is 24.8 Å². The van der Waals surface area contributed by atoms with Gasteiger partial charge in [-0.2, -0.15) is 0 Å². The van der Waals surface area contributed by atoms with Gasteiger partial charge in [0.25, 0.3) is 0 Å². The van der Waals surface area contributed by atoms with Crippen molar-refractivity contribution in [1.29, 1.82) is 0 Å². The predicted molar refractivity (Wildman–Crippen MR) is 130 cm³/mol. The average Bonchev–Trinajstić information content (AvgIpc) is 2.73. The SMILES string of the molecule is CCCCCC(C)(CC)C[P+](=O)c1ccccc1C(=O)c1ccc(C(C)(C)C)cc1. The number of ketones is 1. The lowest BCUT2D eigenvalue weighted by molar-refractivity contribution is 0.103. The van der Waals surface area contributed by atoms with Crippen molar-refractivity contribution < 1.29 is 9.36 Å². The monoisotopic (exact) mass is 425 g/mol. The van der Waals surface area contributed by atoms with Gasteiger partial charge in [0.15, 0.2) is 11.9 Å². The van der Waals surface area contributed by atoms with E-state index >= 15 is 0 Å². The molecule has 3 heteroatoms. The molecule has 0 saturated carbocycles. The lowest BCUT2D eigenvalue weighted by Crippen LogP contribution is -2.22. The standard InChI is InChI=1S/C27H38O2P/c1-7-9-12-19-27(6,8-2)20-30(29)24-14-11-10-13-23(24)25(28)21-15-17-22(18-16-21)26(3,4)5/h10-11,13-18H,7-9,12,19-20H2,1-6H3/q+1. The predicted octanol–water partition coefficient (Wildman–Crippen LogP) is 7.66. The first kappa shape index (κ1) is 24.5.